The van der Waals surface area contributed by atoms with Crippen molar-refractivity contribution < 1.29 is 4.74 Å². The summed E-state index contributed by atoms with van der Waals surface area (Å²) in [4.78, 5) is 8.40. The molecule has 100 valence electrons. The van der Waals surface area contributed by atoms with Crippen LogP contribution < -0.4 is 10.1 Å². The van der Waals surface area contributed by atoms with Crippen molar-refractivity contribution in [3.05, 3.63) is 48.0 Å². The van der Waals surface area contributed by atoms with Crippen molar-refractivity contribution in [1.82, 2.24) is 15.3 Å². The number of aryl methyl sites for hydroxylation is 1. The van der Waals surface area contributed by atoms with Gasteiger partial charge in [0.25, 0.3) is 0 Å². The predicted octanol–water partition coefficient (Wildman–Crippen LogP) is 3.08. The molecule has 2 heterocycles. The normalized spacial score (nSPS) is 10.7. The van der Waals surface area contributed by atoms with Gasteiger partial charge in [-0.3, -0.25) is 9.97 Å². The third-order valence-corrected chi connectivity index (χ3v) is 2.67. The largest absolute Gasteiger partial charge is 0.454 e. The molecule has 0 spiro atoms. The first-order valence-corrected chi connectivity index (χ1v) is 6.42. The highest BCUT2D eigenvalue weighted by Crippen LogP contribution is 2.23. The second kappa shape index (κ2) is 6.29. The van der Waals surface area contributed by atoms with Crippen LogP contribution in [0, 0.1) is 6.92 Å². The molecule has 4 heteroatoms. The zero-order chi connectivity index (χ0) is 13.7. The van der Waals surface area contributed by atoms with Crippen LogP contribution in [0.4, 0.5) is 0 Å². The van der Waals surface area contributed by atoms with Gasteiger partial charge in [0.15, 0.2) is 0 Å². The average molecular weight is 257 g/mol. The number of aromatic nitrogens is 2. The Balaban J connectivity index is 2.09. The lowest BCUT2D eigenvalue weighted by Gasteiger charge is -2.10. The van der Waals surface area contributed by atoms with Crippen molar-refractivity contribution in [1.29, 1.82) is 0 Å². The lowest BCUT2D eigenvalue weighted by Crippen LogP contribution is -2.21. The molecule has 0 amide bonds. The van der Waals surface area contributed by atoms with Gasteiger partial charge in [0.1, 0.15) is 11.5 Å². The van der Waals surface area contributed by atoms with Crippen molar-refractivity contribution in [3.8, 4) is 11.5 Å². The van der Waals surface area contributed by atoms with Gasteiger partial charge in [0.05, 0.1) is 11.9 Å². The fourth-order valence-corrected chi connectivity index (χ4v) is 1.64. The summed E-state index contributed by atoms with van der Waals surface area (Å²) in [7, 11) is 0. The minimum Gasteiger partial charge on any atom is -0.454 e. The zero-order valence-corrected chi connectivity index (χ0v) is 11.6. The van der Waals surface area contributed by atoms with Gasteiger partial charge in [-0.2, -0.15) is 0 Å². The Kier molecular flexibility index (Phi) is 4.47. The van der Waals surface area contributed by atoms with Crippen LogP contribution in [0.25, 0.3) is 0 Å². The summed E-state index contributed by atoms with van der Waals surface area (Å²) in [6.45, 7) is 6.94. The molecule has 0 aromatic carbocycles. The summed E-state index contributed by atoms with van der Waals surface area (Å²) in [5.74, 6) is 1.50. The highest BCUT2D eigenvalue weighted by molar-refractivity contribution is 5.33. The van der Waals surface area contributed by atoms with E-state index in [4.69, 9.17) is 4.74 Å². The number of nitrogens with one attached hydrogen (secondary N) is 1. The fraction of sp³-hybridized carbons (Fsp3) is 0.333. The number of hydrogen-bond acceptors (Lipinski definition) is 4. The van der Waals surface area contributed by atoms with E-state index in [1.807, 2.05) is 31.3 Å². The first kappa shape index (κ1) is 13.5. The highest BCUT2D eigenvalue weighted by Gasteiger charge is 2.03. The van der Waals surface area contributed by atoms with E-state index in [1.54, 1.807) is 12.4 Å². The molecule has 0 aliphatic heterocycles. The van der Waals surface area contributed by atoms with Gasteiger partial charge < -0.3 is 10.1 Å². The Morgan fingerprint density at radius 1 is 1.32 bits per heavy atom. The maximum Gasteiger partial charge on any atom is 0.148 e. The summed E-state index contributed by atoms with van der Waals surface area (Å²) < 4.78 is 5.80. The molecule has 0 saturated heterocycles. The summed E-state index contributed by atoms with van der Waals surface area (Å²) in [6, 6.07) is 6.21. The Bertz CT molecular complexity index is 540. The first-order chi connectivity index (χ1) is 9.15. The molecule has 4 nitrogen and oxygen atoms in total. The SMILES string of the molecule is Cc1ncccc1Oc1cncc(CNC(C)C)c1. The molecule has 0 aliphatic rings. The molecule has 0 aliphatic carbocycles. The van der Waals surface area contributed by atoms with Gasteiger partial charge in [-0.1, -0.05) is 13.8 Å². The van der Waals surface area contributed by atoms with E-state index in [1.165, 1.54) is 0 Å². The molecule has 0 bridgehead atoms. The van der Waals surface area contributed by atoms with Gasteiger partial charge in [0, 0.05) is 25.0 Å². The van der Waals surface area contributed by atoms with E-state index in [9.17, 15) is 0 Å². The number of rotatable bonds is 5. The summed E-state index contributed by atoms with van der Waals surface area (Å²) in [5.41, 5.74) is 1.97. The van der Waals surface area contributed by atoms with Crippen LogP contribution >= 0.6 is 0 Å². The standard InChI is InChI=1S/C15H19N3O/c1-11(2)18-9-13-7-14(10-16-8-13)19-15-5-4-6-17-12(15)3/h4-8,10-11,18H,9H2,1-3H3. The maximum absolute atomic E-state index is 5.80. The molecule has 2 rings (SSSR count). The van der Waals surface area contributed by atoms with Gasteiger partial charge in [-0.15, -0.1) is 0 Å². The van der Waals surface area contributed by atoms with Crippen molar-refractivity contribution in [2.24, 2.45) is 0 Å². The van der Waals surface area contributed by atoms with Crippen LogP contribution in [-0.2, 0) is 6.54 Å². The van der Waals surface area contributed by atoms with Gasteiger partial charge >= 0.3 is 0 Å². The van der Waals surface area contributed by atoms with Crippen molar-refractivity contribution in [2.75, 3.05) is 0 Å². The smallest absolute Gasteiger partial charge is 0.148 e. The van der Waals surface area contributed by atoms with E-state index in [0.29, 0.717) is 6.04 Å². The quantitative estimate of drug-likeness (QED) is 0.894. The summed E-state index contributed by atoms with van der Waals surface area (Å²) in [5, 5.41) is 3.36. The predicted molar refractivity (Wildman–Crippen MR) is 75.3 cm³/mol. The monoisotopic (exact) mass is 257 g/mol. The Labute approximate surface area is 113 Å². The number of pyridine rings is 2. The van der Waals surface area contributed by atoms with Crippen LogP contribution in [0.2, 0.25) is 0 Å². The lowest BCUT2D eigenvalue weighted by molar-refractivity contribution is 0.471. The number of hydrogen-bond donors (Lipinski definition) is 1. The van der Waals surface area contributed by atoms with E-state index < -0.39 is 0 Å². The van der Waals surface area contributed by atoms with Crippen molar-refractivity contribution in [2.45, 2.75) is 33.4 Å². The van der Waals surface area contributed by atoms with Crippen molar-refractivity contribution in [3.63, 3.8) is 0 Å². The van der Waals surface area contributed by atoms with Gasteiger partial charge in [-0.25, -0.2) is 0 Å². The van der Waals surface area contributed by atoms with Crippen LogP contribution in [0.1, 0.15) is 25.1 Å². The molecule has 1 N–H and O–H groups in total. The third-order valence-electron chi connectivity index (χ3n) is 2.67. The molecule has 19 heavy (non-hydrogen) atoms. The molecule has 0 radical (unpaired) electrons. The third kappa shape index (κ3) is 4.03. The minimum atomic E-state index is 0.449. The Morgan fingerprint density at radius 2 is 2.16 bits per heavy atom. The number of ether oxygens (including phenoxy) is 1. The second-order valence-corrected chi connectivity index (χ2v) is 4.75. The molecular formula is C15H19N3O. The molecule has 0 unspecified atom stereocenters. The van der Waals surface area contributed by atoms with Gasteiger partial charge in [-0.05, 0) is 30.7 Å². The van der Waals surface area contributed by atoms with Crippen LogP contribution in [0.15, 0.2) is 36.8 Å². The summed E-state index contributed by atoms with van der Waals surface area (Å²) >= 11 is 0. The average Bonchev–Trinajstić information content (AvgIpc) is 2.40. The van der Waals surface area contributed by atoms with E-state index in [-0.39, 0.29) is 0 Å². The number of nitrogens with zero attached hydrogens (tertiary/aromatic N) is 2. The highest BCUT2D eigenvalue weighted by atomic mass is 16.5. The van der Waals surface area contributed by atoms with Crippen molar-refractivity contribution >= 4 is 0 Å². The first-order valence-electron chi connectivity index (χ1n) is 6.42. The molecule has 0 fully saturated rings. The van der Waals surface area contributed by atoms with E-state index >= 15 is 0 Å². The zero-order valence-electron chi connectivity index (χ0n) is 11.6. The Hall–Kier alpha value is -1.94. The topological polar surface area (TPSA) is 47.0 Å². The molecule has 2 aromatic rings. The fourth-order valence-electron chi connectivity index (χ4n) is 1.64. The van der Waals surface area contributed by atoms with Gasteiger partial charge in [0.2, 0.25) is 0 Å². The lowest BCUT2D eigenvalue weighted by atomic mass is 10.2. The summed E-state index contributed by atoms with van der Waals surface area (Å²) in [6.07, 6.45) is 5.31. The minimum absolute atomic E-state index is 0.449. The van der Waals surface area contributed by atoms with E-state index in [0.717, 1.165) is 29.3 Å². The molecule has 0 atom stereocenters. The molecule has 0 saturated carbocycles. The Morgan fingerprint density at radius 3 is 2.89 bits per heavy atom. The van der Waals surface area contributed by atoms with Crippen LogP contribution in [0.5, 0.6) is 11.5 Å². The van der Waals surface area contributed by atoms with Crippen LogP contribution in [0.3, 0.4) is 0 Å². The molecule has 2 aromatic heterocycles. The second-order valence-electron chi connectivity index (χ2n) is 4.75. The van der Waals surface area contributed by atoms with E-state index in [2.05, 4.69) is 29.1 Å². The molecular weight excluding hydrogens is 238 g/mol. The maximum atomic E-state index is 5.80. The van der Waals surface area contributed by atoms with Crippen LogP contribution in [-0.4, -0.2) is 16.0 Å².